The molecule has 1 aromatic carbocycles. The number of hydrogen-bond donors (Lipinski definition) is 2. The number of aliphatic hydroxyl groups excluding tert-OH is 1. The number of nitrogens with two attached hydrogens (primary N) is 1. The Balaban J connectivity index is 1.87. The maximum Gasteiger partial charge on any atom is 0.144 e. The molecule has 2 unspecified atom stereocenters. The molecule has 0 amide bonds. The molecule has 3 rings (SSSR count). The first kappa shape index (κ1) is 13.6. The van der Waals surface area contributed by atoms with Gasteiger partial charge in [-0.15, -0.1) is 0 Å². The van der Waals surface area contributed by atoms with Crippen LogP contribution >= 0.6 is 0 Å². The number of nitrogen functional groups attached to an aromatic ring is 1. The van der Waals surface area contributed by atoms with Gasteiger partial charge < -0.3 is 20.5 Å². The fourth-order valence-electron chi connectivity index (χ4n) is 3.61. The Hall–Kier alpha value is -1.42. The molecule has 0 saturated carbocycles. The summed E-state index contributed by atoms with van der Waals surface area (Å²) in [4.78, 5) is 2.46. The van der Waals surface area contributed by atoms with Crippen molar-refractivity contribution < 1.29 is 9.84 Å². The number of hydrogen-bond acceptors (Lipinski definition) is 4. The molecular formula is C16H24N2O2. The van der Waals surface area contributed by atoms with Crippen molar-refractivity contribution in [1.29, 1.82) is 0 Å². The van der Waals surface area contributed by atoms with E-state index in [1.807, 2.05) is 19.9 Å². The molecule has 1 aromatic rings. The normalized spacial score (nSPS) is 29.0. The van der Waals surface area contributed by atoms with Gasteiger partial charge in [0.15, 0.2) is 0 Å². The van der Waals surface area contributed by atoms with E-state index in [1.165, 1.54) is 18.5 Å². The summed E-state index contributed by atoms with van der Waals surface area (Å²) in [6.07, 6.45) is 4.08. The third-order valence-electron chi connectivity index (χ3n) is 4.37. The minimum atomic E-state index is -0.135. The molecule has 2 bridgehead atoms. The van der Waals surface area contributed by atoms with Gasteiger partial charge in [0.2, 0.25) is 0 Å². The van der Waals surface area contributed by atoms with E-state index in [0.717, 1.165) is 18.6 Å². The zero-order valence-corrected chi connectivity index (χ0v) is 12.2. The summed E-state index contributed by atoms with van der Waals surface area (Å²) in [5, 5.41) is 9.90. The zero-order chi connectivity index (χ0) is 14.3. The van der Waals surface area contributed by atoms with E-state index >= 15 is 0 Å². The Bertz CT molecular complexity index is 475. The van der Waals surface area contributed by atoms with E-state index in [4.69, 9.17) is 10.5 Å². The van der Waals surface area contributed by atoms with E-state index in [0.29, 0.717) is 17.8 Å². The summed E-state index contributed by atoms with van der Waals surface area (Å²) in [6.45, 7) is 4.01. The fourth-order valence-corrected chi connectivity index (χ4v) is 3.61. The molecule has 4 heteroatoms. The zero-order valence-electron chi connectivity index (χ0n) is 12.2. The first-order chi connectivity index (χ1) is 9.54. The molecular weight excluding hydrogens is 252 g/mol. The maximum absolute atomic E-state index is 9.90. The molecule has 2 saturated heterocycles. The van der Waals surface area contributed by atoms with E-state index in [-0.39, 0.29) is 12.2 Å². The molecule has 0 spiro atoms. The van der Waals surface area contributed by atoms with Gasteiger partial charge in [0.05, 0.1) is 17.9 Å². The molecule has 4 nitrogen and oxygen atoms in total. The molecule has 2 heterocycles. The Morgan fingerprint density at radius 1 is 1.25 bits per heavy atom. The lowest BCUT2D eigenvalue weighted by Crippen LogP contribution is -2.44. The predicted octanol–water partition coefficient (Wildman–Crippen LogP) is 2.55. The van der Waals surface area contributed by atoms with Gasteiger partial charge in [-0.3, -0.25) is 0 Å². The highest BCUT2D eigenvalue weighted by atomic mass is 16.5. The van der Waals surface area contributed by atoms with Crippen molar-refractivity contribution in [3.8, 4) is 5.75 Å². The summed E-state index contributed by atoms with van der Waals surface area (Å²) in [6, 6.07) is 6.97. The van der Waals surface area contributed by atoms with Gasteiger partial charge >= 0.3 is 0 Å². The van der Waals surface area contributed by atoms with Crippen molar-refractivity contribution in [2.75, 3.05) is 10.6 Å². The van der Waals surface area contributed by atoms with Crippen molar-refractivity contribution in [1.82, 2.24) is 0 Å². The number of piperidine rings is 1. The molecule has 0 aliphatic carbocycles. The lowest BCUT2D eigenvalue weighted by molar-refractivity contribution is 0.126. The number of nitrogens with zero attached hydrogens (tertiary/aromatic N) is 1. The van der Waals surface area contributed by atoms with Crippen LogP contribution in [0.1, 0.15) is 39.5 Å². The quantitative estimate of drug-likeness (QED) is 0.833. The van der Waals surface area contributed by atoms with Gasteiger partial charge in [0.1, 0.15) is 5.75 Å². The van der Waals surface area contributed by atoms with Crippen LogP contribution in [-0.4, -0.2) is 29.4 Å². The highest BCUT2D eigenvalue weighted by Crippen LogP contribution is 2.41. The van der Waals surface area contributed by atoms with Crippen molar-refractivity contribution in [3.63, 3.8) is 0 Å². The largest absolute Gasteiger partial charge is 0.489 e. The van der Waals surface area contributed by atoms with E-state index in [1.54, 1.807) is 0 Å². The van der Waals surface area contributed by atoms with Gasteiger partial charge in [0, 0.05) is 23.8 Å². The Kier molecular flexibility index (Phi) is 3.50. The number of aliphatic hydroxyl groups is 1. The summed E-state index contributed by atoms with van der Waals surface area (Å²) in [5.41, 5.74) is 7.85. The average Bonchev–Trinajstić information content (AvgIpc) is 2.64. The van der Waals surface area contributed by atoms with Crippen LogP contribution in [0.2, 0.25) is 0 Å². The number of ether oxygens (including phenoxy) is 1. The van der Waals surface area contributed by atoms with Crippen LogP contribution < -0.4 is 15.4 Å². The van der Waals surface area contributed by atoms with Gasteiger partial charge in [0.25, 0.3) is 0 Å². The first-order valence-electron chi connectivity index (χ1n) is 7.57. The fraction of sp³-hybridized carbons (Fsp3) is 0.625. The number of fused-ring (bicyclic) bond motifs is 2. The topological polar surface area (TPSA) is 58.7 Å². The van der Waals surface area contributed by atoms with Gasteiger partial charge in [-0.25, -0.2) is 0 Å². The molecule has 2 aliphatic rings. The third kappa shape index (κ3) is 2.44. The van der Waals surface area contributed by atoms with Gasteiger partial charge in [-0.1, -0.05) is 0 Å². The third-order valence-corrected chi connectivity index (χ3v) is 4.37. The molecule has 2 atom stereocenters. The summed E-state index contributed by atoms with van der Waals surface area (Å²) >= 11 is 0. The minimum absolute atomic E-state index is 0.118. The van der Waals surface area contributed by atoms with E-state index in [9.17, 15) is 5.11 Å². The monoisotopic (exact) mass is 276 g/mol. The lowest BCUT2D eigenvalue weighted by Gasteiger charge is -2.39. The molecule has 2 aliphatic heterocycles. The average molecular weight is 276 g/mol. The van der Waals surface area contributed by atoms with Gasteiger partial charge in [-0.2, -0.15) is 0 Å². The lowest BCUT2D eigenvalue weighted by atomic mass is 9.99. The second kappa shape index (κ2) is 5.17. The van der Waals surface area contributed by atoms with Crippen LogP contribution in [0.25, 0.3) is 0 Å². The van der Waals surface area contributed by atoms with Crippen LogP contribution in [0.15, 0.2) is 18.2 Å². The summed E-state index contributed by atoms with van der Waals surface area (Å²) < 4.78 is 5.79. The maximum atomic E-state index is 9.90. The van der Waals surface area contributed by atoms with Crippen molar-refractivity contribution in [3.05, 3.63) is 18.2 Å². The Morgan fingerprint density at radius 2 is 1.90 bits per heavy atom. The second-order valence-electron chi connectivity index (χ2n) is 6.31. The molecule has 20 heavy (non-hydrogen) atoms. The molecule has 0 aromatic heterocycles. The predicted molar refractivity (Wildman–Crippen MR) is 81.1 cm³/mol. The van der Waals surface area contributed by atoms with Gasteiger partial charge in [-0.05, 0) is 51.7 Å². The Morgan fingerprint density at radius 3 is 2.50 bits per heavy atom. The standard InChI is InChI=1S/C16H24N2O2/c1-10(2)20-16-9-13(5-6-15(16)17)18-11-3-4-12(18)8-14(19)7-11/h5-6,9-12,14,19H,3-4,7-8,17H2,1-2H3. The van der Waals surface area contributed by atoms with Crippen LogP contribution in [-0.2, 0) is 0 Å². The minimum Gasteiger partial charge on any atom is -0.489 e. The summed E-state index contributed by atoms with van der Waals surface area (Å²) in [5.74, 6) is 0.767. The number of anilines is 2. The highest BCUT2D eigenvalue weighted by Gasteiger charge is 2.40. The van der Waals surface area contributed by atoms with Crippen LogP contribution in [0.3, 0.4) is 0 Å². The number of rotatable bonds is 3. The molecule has 110 valence electrons. The van der Waals surface area contributed by atoms with Crippen molar-refractivity contribution in [2.45, 2.75) is 63.8 Å². The smallest absolute Gasteiger partial charge is 0.144 e. The number of benzene rings is 1. The van der Waals surface area contributed by atoms with Crippen molar-refractivity contribution in [2.24, 2.45) is 0 Å². The molecule has 3 N–H and O–H groups in total. The first-order valence-corrected chi connectivity index (χ1v) is 7.57. The second-order valence-corrected chi connectivity index (χ2v) is 6.31. The highest BCUT2D eigenvalue weighted by molar-refractivity contribution is 5.63. The Labute approximate surface area is 120 Å². The van der Waals surface area contributed by atoms with E-state index < -0.39 is 0 Å². The van der Waals surface area contributed by atoms with E-state index in [2.05, 4.69) is 17.0 Å². The molecule has 0 radical (unpaired) electrons. The van der Waals surface area contributed by atoms with Crippen LogP contribution in [0.4, 0.5) is 11.4 Å². The summed E-state index contributed by atoms with van der Waals surface area (Å²) in [7, 11) is 0. The van der Waals surface area contributed by atoms with Crippen LogP contribution in [0.5, 0.6) is 5.75 Å². The SMILES string of the molecule is CC(C)Oc1cc(N2C3CCC2CC(O)C3)ccc1N. The molecule has 2 fully saturated rings. The van der Waals surface area contributed by atoms with Crippen molar-refractivity contribution >= 4 is 11.4 Å². The van der Waals surface area contributed by atoms with Crippen LogP contribution in [0, 0.1) is 0 Å².